The molecule has 2 N–H and O–H groups in total. The number of benzene rings is 1. The highest BCUT2D eigenvalue weighted by atomic mass is 19.2. The van der Waals surface area contributed by atoms with Gasteiger partial charge < -0.3 is 5.11 Å². The number of carboxylic acids is 1. The molecule has 0 saturated heterocycles. The average Bonchev–Trinajstić information content (AvgIpc) is 3.05. The maximum atomic E-state index is 13.6. The molecule has 1 unspecified atom stereocenters. The highest BCUT2D eigenvalue weighted by Crippen LogP contribution is 2.30. The SMILES string of the molecule is CC(NC1CC1)(C(=O)O)c1cccc(F)c1F. The number of aliphatic carboxylic acids is 1. The molecule has 1 fully saturated rings. The topological polar surface area (TPSA) is 49.3 Å². The van der Waals surface area contributed by atoms with E-state index < -0.39 is 23.1 Å². The molecule has 1 aliphatic rings. The molecular formula is C12H13F2NO2. The molecule has 0 amide bonds. The van der Waals surface area contributed by atoms with Crippen LogP contribution < -0.4 is 5.32 Å². The van der Waals surface area contributed by atoms with Gasteiger partial charge in [-0.3, -0.25) is 5.32 Å². The van der Waals surface area contributed by atoms with E-state index in [1.807, 2.05) is 0 Å². The predicted molar refractivity (Wildman–Crippen MR) is 57.5 cm³/mol. The number of carboxylic acid groups (broad SMARTS) is 1. The molecule has 1 saturated carbocycles. The van der Waals surface area contributed by atoms with E-state index in [1.54, 1.807) is 0 Å². The lowest BCUT2D eigenvalue weighted by molar-refractivity contribution is -0.144. The van der Waals surface area contributed by atoms with Crippen molar-refractivity contribution in [2.45, 2.75) is 31.3 Å². The summed E-state index contributed by atoms with van der Waals surface area (Å²) in [6.07, 6.45) is 1.72. The van der Waals surface area contributed by atoms with Gasteiger partial charge in [0.1, 0.15) is 5.54 Å². The minimum Gasteiger partial charge on any atom is -0.480 e. The van der Waals surface area contributed by atoms with E-state index in [0.29, 0.717) is 0 Å². The van der Waals surface area contributed by atoms with Crippen LogP contribution in [0.4, 0.5) is 8.78 Å². The van der Waals surface area contributed by atoms with Crippen molar-refractivity contribution >= 4 is 5.97 Å². The van der Waals surface area contributed by atoms with E-state index in [0.717, 1.165) is 18.9 Å². The Labute approximate surface area is 97.5 Å². The van der Waals surface area contributed by atoms with Gasteiger partial charge in [0, 0.05) is 11.6 Å². The van der Waals surface area contributed by atoms with Crippen LogP contribution in [0.25, 0.3) is 0 Å². The summed E-state index contributed by atoms with van der Waals surface area (Å²) in [4.78, 5) is 11.3. The molecule has 1 atom stereocenters. The lowest BCUT2D eigenvalue weighted by atomic mass is 9.91. The van der Waals surface area contributed by atoms with E-state index in [4.69, 9.17) is 0 Å². The molecule has 2 rings (SSSR count). The third kappa shape index (κ3) is 2.15. The zero-order chi connectivity index (χ0) is 12.6. The van der Waals surface area contributed by atoms with Gasteiger partial charge >= 0.3 is 5.97 Å². The van der Waals surface area contributed by atoms with Crippen LogP contribution in [-0.4, -0.2) is 17.1 Å². The van der Waals surface area contributed by atoms with Crippen molar-refractivity contribution in [3.05, 3.63) is 35.4 Å². The third-order valence-electron chi connectivity index (χ3n) is 2.99. The van der Waals surface area contributed by atoms with Gasteiger partial charge in [-0.05, 0) is 25.8 Å². The average molecular weight is 241 g/mol. The van der Waals surface area contributed by atoms with Gasteiger partial charge in [0.05, 0.1) is 0 Å². The molecule has 1 aliphatic carbocycles. The van der Waals surface area contributed by atoms with Crippen LogP contribution in [0.3, 0.4) is 0 Å². The number of rotatable bonds is 4. The smallest absolute Gasteiger partial charge is 0.328 e. The maximum absolute atomic E-state index is 13.6. The molecule has 0 heterocycles. The summed E-state index contributed by atoms with van der Waals surface area (Å²) < 4.78 is 26.8. The minimum absolute atomic E-state index is 0.0683. The van der Waals surface area contributed by atoms with Crippen molar-refractivity contribution in [1.82, 2.24) is 5.32 Å². The minimum atomic E-state index is -1.59. The molecule has 0 aromatic heterocycles. The number of hydrogen-bond donors (Lipinski definition) is 2. The molecule has 3 nitrogen and oxygen atoms in total. The van der Waals surface area contributed by atoms with Gasteiger partial charge in [0.15, 0.2) is 11.6 Å². The first-order valence-electron chi connectivity index (χ1n) is 5.40. The van der Waals surface area contributed by atoms with Gasteiger partial charge in [-0.15, -0.1) is 0 Å². The first-order valence-corrected chi connectivity index (χ1v) is 5.40. The van der Waals surface area contributed by atoms with Gasteiger partial charge in [-0.25, -0.2) is 13.6 Å². The third-order valence-corrected chi connectivity index (χ3v) is 2.99. The van der Waals surface area contributed by atoms with E-state index >= 15 is 0 Å². The summed E-state index contributed by atoms with van der Waals surface area (Å²) in [6, 6.07) is 3.64. The van der Waals surface area contributed by atoms with Crippen LogP contribution in [0.1, 0.15) is 25.3 Å². The van der Waals surface area contributed by atoms with Crippen LogP contribution >= 0.6 is 0 Å². The first kappa shape index (κ1) is 12.0. The number of hydrogen-bond acceptors (Lipinski definition) is 2. The molecule has 17 heavy (non-hydrogen) atoms. The standard InChI is InChI=1S/C12H13F2NO2/c1-12(11(16)17,15-7-5-6-7)8-3-2-4-9(13)10(8)14/h2-4,7,15H,5-6H2,1H3,(H,16,17). The van der Waals surface area contributed by atoms with Crippen LogP contribution in [0.15, 0.2) is 18.2 Å². The fraction of sp³-hybridized carbons (Fsp3) is 0.417. The second kappa shape index (κ2) is 4.07. The van der Waals surface area contributed by atoms with Gasteiger partial charge in [0.2, 0.25) is 0 Å². The van der Waals surface area contributed by atoms with Crippen LogP contribution in [0.2, 0.25) is 0 Å². The Balaban J connectivity index is 2.44. The van der Waals surface area contributed by atoms with Crippen molar-refractivity contribution in [2.75, 3.05) is 0 Å². The van der Waals surface area contributed by atoms with E-state index in [-0.39, 0.29) is 11.6 Å². The van der Waals surface area contributed by atoms with Gasteiger partial charge in [-0.1, -0.05) is 12.1 Å². The summed E-state index contributed by atoms with van der Waals surface area (Å²) in [6.45, 7) is 1.35. The normalized spacial score (nSPS) is 18.8. The molecule has 0 bridgehead atoms. The van der Waals surface area contributed by atoms with Crippen LogP contribution in [0, 0.1) is 11.6 Å². The second-order valence-electron chi connectivity index (χ2n) is 4.45. The van der Waals surface area contributed by atoms with E-state index in [9.17, 15) is 18.7 Å². The van der Waals surface area contributed by atoms with Crippen molar-refractivity contribution < 1.29 is 18.7 Å². The molecular weight excluding hydrogens is 228 g/mol. The fourth-order valence-corrected chi connectivity index (χ4v) is 1.78. The van der Waals surface area contributed by atoms with Gasteiger partial charge in [-0.2, -0.15) is 0 Å². The molecule has 0 spiro atoms. The summed E-state index contributed by atoms with van der Waals surface area (Å²) in [5, 5.41) is 12.1. The lowest BCUT2D eigenvalue weighted by Crippen LogP contribution is -2.48. The maximum Gasteiger partial charge on any atom is 0.328 e. The highest BCUT2D eigenvalue weighted by Gasteiger charge is 2.42. The van der Waals surface area contributed by atoms with Crippen molar-refractivity contribution in [1.29, 1.82) is 0 Å². The van der Waals surface area contributed by atoms with Crippen molar-refractivity contribution in [2.24, 2.45) is 0 Å². The van der Waals surface area contributed by atoms with E-state index in [1.165, 1.54) is 19.1 Å². The highest BCUT2D eigenvalue weighted by molar-refractivity contribution is 5.80. The van der Waals surface area contributed by atoms with Crippen molar-refractivity contribution in [3.8, 4) is 0 Å². The summed E-state index contributed by atoms with van der Waals surface area (Å²) >= 11 is 0. The molecule has 0 aliphatic heterocycles. The number of halogens is 2. The Hall–Kier alpha value is -1.49. The monoisotopic (exact) mass is 241 g/mol. The zero-order valence-corrected chi connectivity index (χ0v) is 9.34. The van der Waals surface area contributed by atoms with Crippen molar-refractivity contribution in [3.63, 3.8) is 0 Å². The predicted octanol–water partition coefficient (Wildman–Crippen LogP) is 2.02. The Kier molecular flexibility index (Phi) is 2.87. The Bertz CT molecular complexity index is 460. The Morgan fingerprint density at radius 3 is 2.65 bits per heavy atom. The summed E-state index contributed by atoms with van der Waals surface area (Å²) in [5.74, 6) is -3.35. The summed E-state index contributed by atoms with van der Waals surface area (Å²) in [7, 11) is 0. The lowest BCUT2D eigenvalue weighted by Gasteiger charge is -2.27. The first-order chi connectivity index (χ1) is 7.95. The Morgan fingerprint density at radius 2 is 2.12 bits per heavy atom. The molecule has 5 heteroatoms. The number of nitrogens with one attached hydrogen (secondary N) is 1. The molecule has 1 aromatic rings. The summed E-state index contributed by atoms with van der Waals surface area (Å²) in [5.41, 5.74) is -1.76. The fourth-order valence-electron chi connectivity index (χ4n) is 1.78. The largest absolute Gasteiger partial charge is 0.480 e. The van der Waals surface area contributed by atoms with E-state index in [2.05, 4.69) is 5.32 Å². The van der Waals surface area contributed by atoms with Gasteiger partial charge in [0.25, 0.3) is 0 Å². The molecule has 92 valence electrons. The number of carbonyl (C=O) groups is 1. The molecule has 1 aromatic carbocycles. The zero-order valence-electron chi connectivity index (χ0n) is 9.34. The molecule has 0 radical (unpaired) electrons. The Morgan fingerprint density at radius 1 is 1.47 bits per heavy atom. The quantitative estimate of drug-likeness (QED) is 0.847. The second-order valence-corrected chi connectivity index (χ2v) is 4.45. The van der Waals surface area contributed by atoms with Crippen LogP contribution in [-0.2, 0) is 10.3 Å². The van der Waals surface area contributed by atoms with Crippen LogP contribution in [0.5, 0.6) is 0 Å².